The molecule has 0 unspecified atom stereocenters. The average Bonchev–Trinajstić information content (AvgIpc) is 2.86. The minimum Gasteiger partial charge on any atom is -0.400 e. The number of rotatable bonds is 2. The molecule has 1 aromatic heterocycles. The van der Waals surface area contributed by atoms with Crippen LogP contribution in [0.2, 0.25) is 0 Å². The zero-order chi connectivity index (χ0) is 13.2. The summed E-state index contributed by atoms with van der Waals surface area (Å²) < 4.78 is 0. The third kappa shape index (κ3) is 2.62. The number of aryl methyl sites for hydroxylation is 1. The first-order valence-corrected chi connectivity index (χ1v) is 6.89. The lowest BCUT2D eigenvalue weighted by atomic mass is 9.91. The Balaban J connectivity index is 1.64. The molecule has 4 heteroatoms. The molecule has 1 fully saturated rings. The van der Waals surface area contributed by atoms with Crippen LogP contribution in [0.5, 0.6) is 0 Å². The number of hydrogen-bond donors (Lipinski definition) is 1. The second kappa shape index (κ2) is 5.03. The van der Waals surface area contributed by atoms with Crippen molar-refractivity contribution in [3.05, 3.63) is 35.8 Å². The predicted molar refractivity (Wildman–Crippen MR) is 78.5 cm³/mol. The summed E-state index contributed by atoms with van der Waals surface area (Å²) in [5.41, 5.74) is 10.4. The Morgan fingerprint density at radius 1 is 1.26 bits per heavy atom. The van der Waals surface area contributed by atoms with E-state index in [2.05, 4.69) is 33.9 Å². The highest BCUT2D eigenvalue weighted by atomic mass is 15.1. The van der Waals surface area contributed by atoms with Crippen LogP contribution in [0, 0.1) is 12.8 Å². The van der Waals surface area contributed by atoms with E-state index in [1.807, 2.05) is 12.4 Å². The molecule has 0 aliphatic carbocycles. The Morgan fingerprint density at radius 3 is 2.68 bits per heavy atom. The molecule has 1 aromatic rings. The van der Waals surface area contributed by atoms with Gasteiger partial charge in [-0.2, -0.15) is 0 Å². The fourth-order valence-electron chi connectivity index (χ4n) is 2.86. The van der Waals surface area contributed by atoms with Gasteiger partial charge in [-0.25, -0.2) is 0 Å². The number of hydrogen-bond acceptors (Lipinski definition) is 4. The maximum atomic E-state index is 5.79. The van der Waals surface area contributed by atoms with E-state index in [-0.39, 0.29) is 0 Å². The van der Waals surface area contributed by atoms with Gasteiger partial charge in [0.1, 0.15) is 0 Å². The normalized spacial score (nSPS) is 20.4. The first-order chi connectivity index (χ1) is 9.22. The standard InChI is InChI=1S/C15H20N4/c1-11-6-14(10-17-8-11)19-4-2-12(3-5-19)15-7-13(16)9-18-15/h6-8,10,12H,2-5,9,16H2,1H3. The largest absolute Gasteiger partial charge is 0.400 e. The lowest BCUT2D eigenvalue weighted by Crippen LogP contribution is -2.36. The van der Waals surface area contributed by atoms with E-state index < -0.39 is 0 Å². The molecule has 0 bridgehead atoms. The SMILES string of the molecule is Cc1cncc(N2CCC(C3=NCC(N)=C3)CC2)c1. The van der Waals surface area contributed by atoms with E-state index >= 15 is 0 Å². The highest BCUT2D eigenvalue weighted by Gasteiger charge is 2.24. The van der Waals surface area contributed by atoms with Crippen molar-refractivity contribution in [2.45, 2.75) is 19.8 Å². The van der Waals surface area contributed by atoms with Gasteiger partial charge in [0, 0.05) is 36.6 Å². The van der Waals surface area contributed by atoms with E-state index in [1.54, 1.807) is 0 Å². The molecular formula is C15H20N4. The molecule has 0 aromatic carbocycles. The molecule has 2 aliphatic heterocycles. The molecule has 100 valence electrons. The van der Waals surface area contributed by atoms with Crippen LogP contribution in [-0.4, -0.2) is 30.3 Å². The van der Waals surface area contributed by atoms with Crippen LogP contribution < -0.4 is 10.6 Å². The molecule has 0 atom stereocenters. The number of nitrogens with zero attached hydrogens (tertiary/aromatic N) is 3. The minimum atomic E-state index is 0.579. The molecule has 3 rings (SSSR count). The van der Waals surface area contributed by atoms with E-state index in [0.29, 0.717) is 12.5 Å². The monoisotopic (exact) mass is 256 g/mol. The van der Waals surface area contributed by atoms with Crippen molar-refractivity contribution in [1.82, 2.24) is 4.98 Å². The molecule has 4 nitrogen and oxygen atoms in total. The van der Waals surface area contributed by atoms with E-state index in [4.69, 9.17) is 5.73 Å². The summed E-state index contributed by atoms with van der Waals surface area (Å²) in [4.78, 5) is 11.2. The van der Waals surface area contributed by atoms with Crippen molar-refractivity contribution in [3.8, 4) is 0 Å². The zero-order valence-electron chi connectivity index (χ0n) is 11.3. The smallest absolute Gasteiger partial charge is 0.0788 e. The topological polar surface area (TPSA) is 54.5 Å². The van der Waals surface area contributed by atoms with Crippen LogP contribution in [0.3, 0.4) is 0 Å². The van der Waals surface area contributed by atoms with Gasteiger partial charge in [0.15, 0.2) is 0 Å². The highest BCUT2D eigenvalue weighted by Crippen LogP contribution is 2.25. The van der Waals surface area contributed by atoms with Gasteiger partial charge < -0.3 is 10.6 Å². The lowest BCUT2D eigenvalue weighted by Gasteiger charge is -2.33. The maximum Gasteiger partial charge on any atom is 0.0788 e. The number of nitrogens with two attached hydrogens (primary N) is 1. The highest BCUT2D eigenvalue weighted by molar-refractivity contribution is 5.99. The van der Waals surface area contributed by atoms with Gasteiger partial charge in [0.05, 0.1) is 18.4 Å². The van der Waals surface area contributed by atoms with Crippen molar-refractivity contribution in [1.29, 1.82) is 0 Å². The average molecular weight is 256 g/mol. The summed E-state index contributed by atoms with van der Waals surface area (Å²) in [6.45, 7) is 4.92. The molecule has 19 heavy (non-hydrogen) atoms. The second-order valence-electron chi connectivity index (χ2n) is 5.44. The first-order valence-electron chi connectivity index (χ1n) is 6.89. The van der Waals surface area contributed by atoms with Crippen LogP contribution >= 0.6 is 0 Å². The zero-order valence-corrected chi connectivity index (χ0v) is 11.3. The second-order valence-corrected chi connectivity index (χ2v) is 5.44. The third-order valence-corrected chi connectivity index (χ3v) is 3.92. The van der Waals surface area contributed by atoms with Crippen molar-refractivity contribution < 1.29 is 0 Å². The Bertz CT molecular complexity index is 525. The number of allylic oxidation sites excluding steroid dienone is 1. The number of aliphatic imine (C=N–C) groups is 1. The fourth-order valence-corrected chi connectivity index (χ4v) is 2.86. The summed E-state index contributed by atoms with van der Waals surface area (Å²) in [6.07, 6.45) is 8.22. The van der Waals surface area contributed by atoms with Gasteiger partial charge in [0.25, 0.3) is 0 Å². The third-order valence-electron chi connectivity index (χ3n) is 3.92. The van der Waals surface area contributed by atoms with Crippen LogP contribution in [0.15, 0.2) is 35.2 Å². The summed E-state index contributed by atoms with van der Waals surface area (Å²) in [6, 6.07) is 2.21. The molecule has 2 N–H and O–H groups in total. The van der Waals surface area contributed by atoms with Gasteiger partial charge >= 0.3 is 0 Å². The molecular weight excluding hydrogens is 236 g/mol. The van der Waals surface area contributed by atoms with Gasteiger partial charge in [-0.05, 0) is 37.5 Å². The van der Waals surface area contributed by atoms with Gasteiger partial charge in [-0.3, -0.25) is 9.98 Å². The van der Waals surface area contributed by atoms with Crippen LogP contribution in [0.25, 0.3) is 0 Å². The molecule has 0 saturated carbocycles. The van der Waals surface area contributed by atoms with Crippen molar-refractivity contribution in [2.24, 2.45) is 16.6 Å². The van der Waals surface area contributed by atoms with Crippen LogP contribution in [0.1, 0.15) is 18.4 Å². The minimum absolute atomic E-state index is 0.579. The summed E-state index contributed by atoms with van der Waals surface area (Å²) in [5.74, 6) is 0.579. The van der Waals surface area contributed by atoms with Crippen LogP contribution in [0.4, 0.5) is 5.69 Å². The molecule has 0 amide bonds. The van der Waals surface area contributed by atoms with Crippen LogP contribution in [-0.2, 0) is 0 Å². The number of anilines is 1. The van der Waals surface area contributed by atoms with E-state index in [1.165, 1.54) is 17.0 Å². The molecule has 1 saturated heterocycles. The maximum absolute atomic E-state index is 5.79. The van der Waals surface area contributed by atoms with Crippen molar-refractivity contribution >= 4 is 11.4 Å². The van der Waals surface area contributed by atoms with Crippen molar-refractivity contribution in [3.63, 3.8) is 0 Å². The molecule has 0 spiro atoms. The molecule has 2 aliphatic rings. The number of piperidine rings is 1. The fraction of sp³-hybridized carbons (Fsp3) is 0.467. The van der Waals surface area contributed by atoms with E-state index in [9.17, 15) is 0 Å². The quantitative estimate of drug-likeness (QED) is 0.879. The first kappa shape index (κ1) is 12.2. The van der Waals surface area contributed by atoms with Crippen molar-refractivity contribution in [2.75, 3.05) is 24.5 Å². The Labute approximate surface area is 114 Å². The lowest BCUT2D eigenvalue weighted by molar-refractivity contribution is 0.503. The van der Waals surface area contributed by atoms with E-state index in [0.717, 1.165) is 31.6 Å². The molecule has 3 heterocycles. The molecule has 0 radical (unpaired) electrons. The summed E-state index contributed by atoms with van der Waals surface area (Å²) in [5, 5.41) is 0. The van der Waals surface area contributed by atoms with Gasteiger partial charge in [-0.1, -0.05) is 0 Å². The van der Waals surface area contributed by atoms with Gasteiger partial charge in [-0.15, -0.1) is 0 Å². The Hall–Kier alpha value is -1.84. The number of aromatic nitrogens is 1. The summed E-state index contributed by atoms with van der Waals surface area (Å²) >= 11 is 0. The Morgan fingerprint density at radius 2 is 2.05 bits per heavy atom. The summed E-state index contributed by atoms with van der Waals surface area (Å²) in [7, 11) is 0. The number of pyridine rings is 1. The predicted octanol–water partition coefficient (Wildman–Crippen LogP) is 1.90. The Kier molecular flexibility index (Phi) is 3.23. The van der Waals surface area contributed by atoms with Gasteiger partial charge in [0.2, 0.25) is 0 Å².